The third-order valence-electron chi connectivity index (χ3n) is 3.08. The maximum absolute atomic E-state index is 5.82. The van der Waals surface area contributed by atoms with E-state index in [0.29, 0.717) is 11.5 Å². The van der Waals surface area contributed by atoms with Crippen LogP contribution in [0.4, 0.5) is 5.69 Å². The van der Waals surface area contributed by atoms with Gasteiger partial charge in [-0.25, -0.2) is 0 Å². The maximum atomic E-state index is 5.82. The fraction of sp³-hybridized carbons (Fsp3) is 0.0714. The van der Waals surface area contributed by atoms with Crippen LogP contribution in [0.25, 0.3) is 17.1 Å². The first-order valence-electron chi connectivity index (χ1n) is 6.06. The molecule has 0 unspecified atom stereocenters. The molecule has 1 heterocycles. The van der Waals surface area contributed by atoms with Gasteiger partial charge in [-0.15, -0.1) is 5.10 Å². The maximum Gasteiger partial charge on any atom is 0.187 e. The Balaban J connectivity index is 2.18. The van der Waals surface area contributed by atoms with E-state index in [1.807, 2.05) is 49.4 Å². The van der Waals surface area contributed by atoms with Crippen molar-refractivity contribution < 1.29 is 0 Å². The van der Waals surface area contributed by atoms with Gasteiger partial charge in [0.25, 0.3) is 0 Å². The second-order valence-corrected chi connectivity index (χ2v) is 5.28. The monoisotopic (exact) mass is 329 g/mol. The molecule has 5 nitrogen and oxygen atoms in total. The van der Waals surface area contributed by atoms with Crippen LogP contribution in [0.1, 0.15) is 5.56 Å². The lowest BCUT2D eigenvalue weighted by molar-refractivity contribution is 0.787. The van der Waals surface area contributed by atoms with Crippen LogP contribution < -0.4 is 5.73 Å². The highest BCUT2D eigenvalue weighted by atomic mass is 79.9. The molecule has 0 fully saturated rings. The molecule has 0 radical (unpaired) electrons. The fourth-order valence-electron chi connectivity index (χ4n) is 2.03. The van der Waals surface area contributed by atoms with Crippen LogP contribution in [0.2, 0.25) is 0 Å². The molecule has 0 saturated heterocycles. The van der Waals surface area contributed by atoms with Crippen LogP contribution in [0.5, 0.6) is 0 Å². The molecule has 3 rings (SSSR count). The first kappa shape index (κ1) is 12.8. The average Bonchev–Trinajstić information content (AvgIpc) is 2.91. The quantitative estimate of drug-likeness (QED) is 0.734. The van der Waals surface area contributed by atoms with Crippen molar-refractivity contribution in [3.8, 4) is 17.1 Å². The predicted octanol–water partition coefficient (Wildman–Crippen LogP) is 2.98. The van der Waals surface area contributed by atoms with E-state index in [1.54, 1.807) is 4.68 Å². The number of nitrogen functional groups attached to an aromatic ring is 1. The molecule has 0 spiro atoms. The summed E-state index contributed by atoms with van der Waals surface area (Å²) in [5.41, 5.74) is 9.40. The molecule has 0 bridgehead atoms. The number of benzene rings is 2. The summed E-state index contributed by atoms with van der Waals surface area (Å²) in [7, 11) is 0. The van der Waals surface area contributed by atoms with Crippen LogP contribution in [-0.4, -0.2) is 20.2 Å². The largest absolute Gasteiger partial charge is 0.399 e. The van der Waals surface area contributed by atoms with Gasteiger partial charge in [0, 0.05) is 15.7 Å². The zero-order valence-electron chi connectivity index (χ0n) is 10.8. The summed E-state index contributed by atoms with van der Waals surface area (Å²) >= 11 is 3.52. The van der Waals surface area contributed by atoms with E-state index in [9.17, 15) is 0 Å². The molecule has 20 heavy (non-hydrogen) atoms. The second kappa shape index (κ2) is 5.05. The van der Waals surface area contributed by atoms with Gasteiger partial charge in [0.2, 0.25) is 0 Å². The standard InChI is InChI=1S/C14H12BrN5/c1-9-12(15)6-3-7-13(9)20-14(17-18-19-20)10-4-2-5-11(16)8-10/h2-8H,16H2,1H3. The number of hydrogen-bond donors (Lipinski definition) is 1. The summed E-state index contributed by atoms with van der Waals surface area (Å²) in [5, 5.41) is 12.0. The van der Waals surface area contributed by atoms with Gasteiger partial charge >= 0.3 is 0 Å². The fourth-order valence-corrected chi connectivity index (χ4v) is 2.39. The Morgan fingerprint density at radius 3 is 2.75 bits per heavy atom. The van der Waals surface area contributed by atoms with Crippen LogP contribution in [0.3, 0.4) is 0 Å². The number of tetrazole rings is 1. The van der Waals surface area contributed by atoms with Gasteiger partial charge in [0.1, 0.15) is 0 Å². The molecule has 0 atom stereocenters. The molecule has 0 amide bonds. The van der Waals surface area contributed by atoms with Gasteiger partial charge < -0.3 is 5.73 Å². The predicted molar refractivity (Wildman–Crippen MR) is 81.4 cm³/mol. The Bertz CT molecular complexity index is 766. The van der Waals surface area contributed by atoms with Crippen LogP contribution in [0, 0.1) is 6.92 Å². The summed E-state index contributed by atoms with van der Waals surface area (Å²) in [5.74, 6) is 0.665. The molecule has 100 valence electrons. The smallest absolute Gasteiger partial charge is 0.187 e. The Morgan fingerprint density at radius 2 is 1.95 bits per heavy atom. The minimum Gasteiger partial charge on any atom is -0.399 e. The van der Waals surface area contributed by atoms with E-state index in [2.05, 4.69) is 31.5 Å². The first-order chi connectivity index (χ1) is 9.66. The third kappa shape index (κ3) is 2.18. The van der Waals surface area contributed by atoms with Gasteiger partial charge in [0.15, 0.2) is 5.82 Å². The van der Waals surface area contributed by atoms with Crippen molar-refractivity contribution in [3.05, 3.63) is 52.5 Å². The van der Waals surface area contributed by atoms with E-state index < -0.39 is 0 Å². The topological polar surface area (TPSA) is 69.6 Å². The number of hydrogen-bond acceptors (Lipinski definition) is 4. The second-order valence-electron chi connectivity index (χ2n) is 4.42. The lowest BCUT2D eigenvalue weighted by Crippen LogP contribution is -2.02. The molecule has 0 aliphatic carbocycles. The highest BCUT2D eigenvalue weighted by molar-refractivity contribution is 9.10. The number of aromatic nitrogens is 4. The molecule has 2 N–H and O–H groups in total. The van der Waals surface area contributed by atoms with Crippen molar-refractivity contribution in [2.75, 3.05) is 5.73 Å². The molecule has 3 aromatic rings. The van der Waals surface area contributed by atoms with Gasteiger partial charge in [-0.3, -0.25) is 0 Å². The van der Waals surface area contributed by atoms with Crippen molar-refractivity contribution >= 4 is 21.6 Å². The normalized spacial score (nSPS) is 10.7. The molecule has 0 aliphatic heterocycles. The Labute approximate surface area is 124 Å². The van der Waals surface area contributed by atoms with Crippen molar-refractivity contribution in [3.63, 3.8) is 0 Å². The van der Waals surface area contributed by atoms with Crippen molar-refractivity contribution in [1.29, 1.82) is 0 Å². The number of nitrogens with two attached hydrogens (primary N) is 1. The van der Waals surface area contributed by atoms with Crippen LogP contribution >= 0.6 is 15.9 Å². The first-order valence-corrected chi connectivity index (χ1v) is 6.86. The number of nitrogens with zero attached hydrogens (tertiary/aromatic N) is 4. The Kier molecular flexibility index (Phi) is 3.23. The minimum absolute atomic E-state index is 0.665. The molecular weight excluding hydrogens is 318 g/mol. The molecule has 2 aromatic carbocycles. The van der Waals surface area contributed by atoms with Crippen molar-refractivity contribution in [2.24, 2.45) is 0 Å². The minimum atomic E-state index is 0.665. The average molecular weight is 330 g/mol. The van der Waals surface area contributed by atoms with E-state index in [-0.39, 0.29) is 0 Å². The summed E-state index contributed by atoms with van der Waals surface area (Å²) in [6, 6.07) is 13.4. The molecule has 6 heteroatoms. The number of rotatable bonds is 2. The van der Waals surface area contributed by atoms with E-state index >= 15 is 0 Å². The Hall–Kier alpha value is -2.21. The summed E-state index contributed by atoms with van der Waals surface area (Å²) in [4.78, 5) is 0. The van der Waals surface area contributed by atoms with Gasteiger partial charge in [-0.05, 0) is 47.2 Å². The van der Waals surface area contributed by atoms with Crippen molar-refractivity contribution in [1.82, 2.24) is 20.2 Å². The summed E-state index contributed by atoms with van der Waals surface area (Å²) in [6.07, 6.45) is 0. The highest BCUT2D eigenvalue weighted by Crippen LogP contribution is 2.26. The Morgan fingerprint density at radius 1 is 1.15 bits per heavy atom. The van der Waals surface area contributed by atoms with Crippen molar-refractivity contribution in [2.45, 2.75) is 6.92 Å². The van der Waals surface area contributed by atoms with E-state index in [1.165, 1.54) is 0 Å². The third-order valence-corrected chi connectivity index (χ3v) is 3.94. The molecular formula is C14H12BrN5. The van der Waals surface area contributed by atoms with Gasteiger partial charge in [0.05, 0.1) is 5.69 Å². The molecule has 0 saturated carbocycles. The lowest BCUT2D eigenvalue weighted by atomic mass is 10.1. The van der Waals surface area contributed by atoms with E-state index in [4.69, 9.17) is 5.73 Å². The number of halogens is 1. The summed E-state index contributed by atoms with van der Waals surface area (Å²) < 4.78 is 2.73. The zero-order valence-corrected chi connectivity index (χ0v) is 12.4. The van der Waals surface area contributed by atoms with Gasteiger partial charge in [-0.2, -0.15) is 4.68 Å². The lowest BCUT2D eigenvalue weighted by Gasteiger charge is -2.09. The molecule has 0 aliphatic rings. The SMILES string of the molecule is Cc1c(Br)cccc1-n1nnnc1-c1cccc(N)c1. The highest BCUT2D eigenvalue weighted by Gasteiger charge is 2.13. The molecule has 1 aromatic heterocycles. The van der Waals surface area contributed by atoms with E-state index in [0.717, 1.165) is 21.3 Å². The van der Waals surface area contributed by atoms with Crippen LogP contribution in [0.15, 0.2) is 46.9 Å². The van der Waals surface area contributed by atoms with Gasteiger partial charge in [-0.1, -0.05) is 34.1 Å². The zero-order chi connectivity index (χ0) is 14.1. The number of anilines is 1. The van der Waals surface area contributed by atoms with Crippen LogP contribution in [-0.2, 0) is 0 Å². The summed E-state index contributed by atoms with van der Waals surface area (Å²) in [6.45, 7) is 2.02.